The van der Waals surface area contributed by atoms with E-state index in [1.807, 2.05) is 17.9 Å². The molecule has 9 nitrogen and oxygen atoms in total. The predicted octanol–water partition coefficient (Wildman–Crippen LogP) is 8.19. The van der Waals surface area contributed by atoms with Crippen molar-refractivity contribution in [3.05, 3.63) is 75.5 Å². The zero-order valence-corrected chi connectivity index (χ0v) is 29.9. The number of alkyl halides is 2. The number of hydrogen-bond donors (Lipinski definition) is 1. The quantitative estimate of drug-likeness (QED) is 0.155. The molecule has 1 aliphatic carbocycles. The Bertz CT molecular complexity index is 2240. The fraction of sp³-hybridized carbons (Fsp3) is 0.421. The third-order valence-electron chi connectivity index (χ3n) is 10.5. The molecule has 52 heavy (non-hydrogen) atoms. The zero-order chi connectivity index (χ0) is 36.3. The third-order valence-corrected chi connectivity index (χ3v) is 11.3. The number of amides is 1. The molecular formula is C38H36Cl2F3N7O2. The normalized spacial score (nSPS) is 20.4. The van der Waals surface area contributed by atoms with Gasteiger partial charge in [0.25, 0.3) is 6.43 Å². The average Bonchev–Trinajstić information content (AvgIpc) is 3.45. The molecule has 14 heteroatoms. The van der Waals surface area contributed by atoms with Gasteiger partial charge in [0, 0.05) is 64.6 Å². The number of aryl methyl sites for hydroxylation is 2. The summed E-state index contributed by atoms with van der Waals surface area (Å²) in [6.45, 7) is 3.15. The molecule has 3 aromatic heterocycles. The van der Waals surface area contributed by atoms with E-state index in [4.69, 9.17) is 32.9 Å². The second kappa shape index (κ2) is 13.9. The number of hydrogen-bond acceptors (Lipinski definition) is 6. The molecule has 5 heterocycles. The van der Waals surface area contributed by atoms with Gasteiger partial charge in [0.1, 0.15) is 18.2 Å². The molecule has 0 radical (unpaired) electrons. The van der Waals surface area contributed by atoms with Crippen LogP contribution in [0, 0.1) is 30.0 Å². The first kappa shape index (κ1) is 34.8. The van der Waals surface area contributed by atoms with Gasteiger partial charge in [0.15, 0.2) is 11.6 Å². The Morgan fingerprint density at radius 1 is 1.19 bits per heavy atom. The number of pyridine rings is 1. The maximum Gasteiger partial charge on any atom is 0.257 e. The first-order valence-electron chi connectivity index (χ1n) is 17.6. The van der Waals surface area contributed by atoms with E-state index in [-0.39, 0.29) is 52.9 Å². The highest BCUT2D eigenvalue weighted by Gasteiger charge is 2.45. The van der Waals surface area contributed by atoms with Crippen LogP contribution in [0.2, 0.25) is 10.0 Å². The highest BCUT2D eigenvalue weighted by molar-refractivity contribution is 6.43. The highest BCUT2D eigenvalue weighted by Crippen LogP contribution is 2.46. The van der Waals surface area contributed by atoms with E-state index in [9.17, 15) is 18.8 Å². The summed E-state index contributed by atoms with van der Waals surface area (Å²) >= 11 is 13.0. The van der Waals surface area contributed by atoms with Gasteiger partial charge in [-0.05, 0) is 62.9 Å². The molecule has 5 aromatic rings. The van der Waals surface area contributed by atoms with Gasteiger partial charge in [-0.1, -0.05) is 35.3 Å². The van der Waals surface area contributed by atoms with Crippen LogP contribution in [-0.2, 0) is 17.8 Å². The van der Waals surface area contributed by atoms with E-state index in [2.05, 4.69) is 27.1 Å². The lowest BCUT2D eigenvalue weighted by atomic mass is 9.93. The van der Waals surface area contributed by atoms with E-state index in [0.29, 0.717) is 52.5 Å². The van der Waals surface area contributed by atoms with E-state index < -0.39 is 24.9 Å². The molecule has 0 spiro atoms. The number of rotatable bonds is 10. The van der Waals surface area contributed by atoms with Gasteiger partial charge in [0.2, 0.25) is 5.91 Å². The summed E-state index contributed by atoms with van der Waals surface area (Å²) in [4.78, 5) is 20.6. The molecule has 2 aromatic carbocycles. The monoisotopic (exact) mass is 749 g/mol. The summed E-state index contributed by atoms with van der Waals surface area (Å²) in [5.41, 5.74) is 3.89. The number of nitrogens with one attached hydrogen (secondary N) is 1. The summed E-state index contributed by atoms with van der Waals surface area (Å²) < 4.78 is 52.8. The molecule has 1 N–H and O–H groups in total. The number of carbonyl (C=O) groups excluding carboxylic acids is 1. The van der Waals surface area contributed by atoms with Crippen LogP contribution in [0.25, 0.3) is 32.9 Å². The number of likely N-dealkylation sites (tertiary alicyclic amines) is 1. The number of nitrogens with zero attached hydrogens (tertiary/aromatic N) is 6. The SMILES string of the molecule is Cc1nc2c(F)c(-c3cccc(Cl)c3Cl)c(CCC#N)cc2c2c1cc([C@H]1C[C@H](Oc3cnn(CC(F)F)c3)CN1C(=O)C1CC1)n2[C@H]1CCNC1. The summed E-state index contributed by atoms with van der Waals surface area (Å²) in [7, 11) is 0. The van der Waals surface area contributed by atoms with E-state index >= 15 is 4.39 Å². The lowest BCUT2D eigenvalue weighted by molar-refractivity contribution is -0.133. The van der Waals surface area contributed by atoms with Crippen LogP contribution in [0.3, 0.4) is 0 Å². The van der Waals surface area contributed by atoms with Crippen molar-refractivity contribution in [2.45, 2.75) is 76.6 Å². The second-order valence-corrected chi connectivity index (χ2v) is 14.8. The summed E-state index contributed by atoms with van der Waals surface area (Å²) in [6.07, 6.45) is 3.35. The number of benzene rings is 2. The maximum absolute atomic E-state index is 17.1. The minimum Gasteiger partial charge on any atom is -0.485 e. The Labute approximate surface area is 308 Å². The van der Waals surface area contributed by atoms with Gasteiger partial charge in [-0.2, -0.15) is 10.4 Å². The number of halogens is 5. The summed E-state index contributed by atoms with van der Waals surface area (Å²) in [5, 5.41) is 19.0. The Balaban J connectivity index is 1.30. The number of carbonyl (C=O) groups is 1. The number of aromatic nitrogens is 4. The van der Waals surface area contributed by atoms with Gasteiger partial charge in [-0.3, -0.25) is 9.48 Å². The van der Waals surface area contributed by atoms with Crippen LogP contribution < -0.4 is 10.1 Å². The van der Waals surface area contributed by atoms with E-state index in [1.165, 1.54) is 12.4 Å². The van der Waals surface area contributed by atoms with Gasteiger partial charge >= 0.3 is 0 Å². The molecule has 270 valence electrons. The van der Waals surface area contributed by atoms with Crippen LogP contribution in [-0.4, -0.2) is 62.3 Å². The standard InChI is InChI=1S/C38H36Cl2F3N7O2/c1-20-27-14-31(30-13-24(18-49(30)38(51)21-7-8-21)52-25-16-46-48(17-25)19-32(41)42)50(23-9-11-45-15-23)37(27)28-12-22(4-3-10-44)33(35(43)36(28)47-20)26-5-2-6-29(39)34(26)40/h2,5-6,12,14,16-17,21,23-24,30,32,45H,3-4,7-9,11,13,15,18-19H2,1H3/t23-,24-,30+/m0/s1. The lowest BCUT2D eigenvalue weighted by Crippen LogP contribution is -2.34. The maximum atomic E-state index is 17.1. The van der Waals surface area contributed by atoms with Crippen LogP contribution in [0.4, 0.5) is 13.2 Å². The van der Waals surface area contributed by atoms with Crippen molar-refractivity contribution in [3.63, 3.8) is 0 Å². The van der Waals surface area contributed by atoms with Gasteiger partial charge in [0.05, 0.1) is 46.6 Å². The van der Waals surface area contributed by atoms with Crippen molar-refractivity contribution in [3.8, 4) is 22.9 Å². The lowest BCUT2D eigenvalue weighted by Gasteiger charge is -2.28. The first-order chi connectivity index (χ1) is 25.1. The van der Waals surface area contributed by atoms with Crippen LogP contribution >= 0.6 is 23.2 Å². The van der Waals surface area contributed by atoms with Crippen molar-refractivity contribution in [1.29, 1.82) is 5.26 Å². The zero-order valence-electron chi connectivity index (χ0n) is 28.4. The Kier molecular flexibility index (Phi) is 9.30. The van der Waals surface area contributed by atoms with Gasteiger partial charge in [-0.15, -0.1) is 0 Å². The average molecular weight is 751 g/mol. The van der Waals surface area contributed by atoms with Crippen molar-refractivity contribution in [2.24, 2.45) is 5.92 Å². The molecule has 2 saturated heterocycles. The summed E-state index contributed by atoms with van der Waals surface area (Å²) in [5.74, 6) is -0.143. The number of ether oxygens (including phenoxy) is 1. The topological polar surface area (TPSA) is 101 Å². The molecular weight excluding hydrogens is 714 g/mol. The second-order valence-electron chi connectivity index (χ2n) is 14.0. The molecule has 3 aliphatic rings. The molecule has 8 rings (SSSR count). The van der Waals surface area contributed by atoms with Crippen molar-refractivity contribution in [2.75, 3.05) is 19.6 Å². The Hall–Kier alpha value is -4.31. The fourth-order valence-corrected chi connectivity index (χ4v) is 8.40. The van der Waals surface area contributed by atoms with Crippen LogP contribution in [0.15, 0.2) is 42.7 Å². The molecule has 3 fully saturated rings. The molecule has 0 unspecified atom stereocenters. The van der Waals surface area contributed by atoms with Crippen LogP contribution in [0.1, 0.15) is 61.1 Å². The first-order valence-corrected chi connectivity index (χ1v) is 18.3. The molecule has 3 atom stereocenters. The highest BCUT2D eigenvalue weighted by atomic mass is 35.5. The van der Waals surface area contributed by atoms with E-state index in [0.717, 1.165) is 47.1 Å². The third kappa shape index (κ3) is 6.26. The smallest absolute Gasteiger partial charge is 0.257 e. The van der Waals surface area contributed by atoms with Gasteiger partial charge < -0.3 is 19.5 Å². The Morgan fingerprint density at radius 2 is 2.02 bits per heavy atom. The fourth-order valence-electron chi connectivity index (χ4n) is 8.00. The van der Waals surface area contributed by atoms with Crippen molar-refractivity contribution < 1.29 is 22.7 Å². The van der Waals surface area contributed by atoms with Crippen LogP contribution in [0.5, 0.6) is 5.75 Å². The number of fused-ring (bicyclic) bond motifs is 3. The largest absolute Gasteiger partial charge is 0.485 e. The minimum absolute atomic E-state index is 0.00981. The van der Waals surface area contributed by atoms with Crippen molar-refractivity contribution in [1.82, 2.24) is 29.5 Å². The predicted molar refractivity (Wildman–Crippen MR) is 192 cm³/mol. The Morgan fingerprint density at radius 3 is 2.75 bits per heavy atom. The molecule has 1 amide bonds. The minimum atomic E-state index is -2.55. The molecule has 1 saturated carbocycles. The van der Waals surface area contributed by atoms with Crippen molar-refractivity contribution >= 4 is 50.9 Å². The van der Waals surface area contributed by atoms with Gasteiger partial charge in [-0.25, -0.2) is 18.2 Å². The number of nitriles is 1. The summed E-state index contributed by atoms with van der Waals surface area (Å²) in [6, 6.07) is 11.0. The molecule has 0 bridgehead atoms. The van der Waals surface area contributed by atoms with E-state index in [1.54, 1.807) is 18.2 Å². The molecule has 2 aliphatic heterocycles.